The number of aromatic hydroxyl groups is 1. The van der Waals surface area contributed by atoms with Gasteiger partial charge in [0.25, 0.3) is 0 Å². The zero-order valence-corrected chi connectivity index (χ0v) is 16.6. The van der Waals surface area contributed by atoms with E-state index in [0.717, 1.165) is 31.3 Å². The van der Waals surface area contributed by atoms with Gasteiger partial charge in [0.2, 0.25) is 0 Å². The van der Waals surface area contributed by atoms with Crippen molar-refractivity contribution in [3.63, 3.8) is 0 Å². The van der Waals surface area contributed by atoms with Crippen molar-refractivity contribution in [2.75, 3.05) is 26.2 Å². The van der Waals surface area contributed by atoms with E-state index in [2.05, 4.69) is 54.3 Å². The maximum atomic E-state index is 9.33. The number of ether oxygens (including phenoxy) is 1. The van der Waals surface area contributed by atoms with Crippen molar-refractivity contribution in [1.82, 2.24) is 4.90 Å². The standard InChI is InChI=1S/C25H29NO2/c1-19(22-7-6-21-4-2-3-5-23(21)18-22)20-12-14-26(15-13-20)16-17-28-25-10-8-24(27)9-11-25/h2-11,18-20,27H,12-17H2,1H3. The Balaban J connectivity index is 1.26. The molecule has 1 unspecified atom stereocenters. The van der Waals surface area contributed by atoms with Gasteiger partial charge in [-0.2, -0.15) is 0 Å². The molecule has 3 aromatic carbocycles. The van der Waals surface area contributed by atoms with Gasteiger partial charge in [0.1, 0.15) is 18.1 Å². The van der Waals surface area contributed by atoms with E-state index in [4.69, 9.17) is 4.74 Å². The molecule has 3 aromatic rings. The zero-order valence-electron chi connectivity index (χ0n) is 16.6. The highest BCUT2D eigenvalue weighted by Crippen LogP contribution is 2.33. The van der Waals surface area contributed by atoms with E-state index >= 15 is 0 Å². The van der Waals surface area contributed by atoms with Gasteiger partial charge in [-0.05, 0) is 78.4 Å². The largest absolute Gasteiger partial charge is 0.508 e. The Labute approximate surface area is 167 Å². The van der Waals surface area contributed by atoms with E-state index in [1.54, 1.807) is 12.1 Å². The molecular weight excluding hydrogens is 346 g/mol. The van der Waals surface area contributed by atoms with E-state index in [-0.39, 0.29) is 5.75 Å². The predicted molar refractivity (Wildman–Crippen MR) is 115 cm³/mol. The summed E-state index contributed by atoms with van der Waals surface area (Å²) >= 11 is 0. The van der Waals surface area contributed by atoms with Crippen LogP contribution in [-0.4, -0.2) is 36.2 Å². The van der Waals surface area contributed by atoms with E-state index in [9.17, 15) is 5.11 Å². The number of fused-ring (bicyclic) bond motifs is 1. The Morgan fingerprint density at radius 1 is 0.964 bits per heavy atom. The molecule has 0 aliphatic carbocycles. The Bertz CT molecular complexity index is 898. The maximum Gasteiger partial charge on any atom is 0.119 e. The van der Waals surface area contributed by atoms with Gasteiger partial charge < -0.3 is 9.84 Å². The Morgan fingerprint density at radius 2 is 1.68 bits per heavy atom. The molecule has 0 spiro atoms. The molecule has 3 heteroatoms. The van der Waals surface area contributed by atoms with Crippen molar-refractivity contribution < 1.29 is 9.84 Å². The van der Waals surface area contributed by atoms with Gasteiger partial charge in [-0.3, -0.25) is 4.90 Å². The molecule has 0 aromatic heterocycles. The molecule has 0 bridgehead atoms. The van der Waals surface area contributed by atoms with Crippen molar-refractivity contribution >= 4 is 10.8 Å². The third kappa shape index (κ3) is 4.48. The topological polar surface area (TPSA) is 32.7 Å². The number of benzene rings is 3. The molecule has 1 saturated heterocycles. The first-order valence-electron chi connectivity index (χ1n) is 10.3. The highest BCUT2D eigenvalue weighted by Gasteiger charge is 2.24. The number of hydrogen-bond donors (Lipinski definition) is 1. The van der Waals surface area contributed by atoms with Gasteiger partial charge in [-0.25, -0.2) is 0 Å². The smallest absolute Gasteiger partial charge is 0.119 e. The van der Waals surface area contributed by atoms with Gasteiger partial charge in [-0.15, -0.1) is 0 Å². The fourth-order valence-electron chi connectivity index (χ4n) is 4.27. The predicted octanol–water partition coefficient (Wildman–Crippen LogP) is 5.44. The van der Waals surface area contributed by atoms with Crippen LogP contribution >= 0.6 is 0 Å². The van der Waals surface area contributed by atoms with E-state index < -0.39 is 0 Å². The lowest BCUT2D eigenvalue weighted by Crippen LogP contribution is -2.37. The van der Waals surface area contributed by atoms with Gasteiger partial charge >= 0.3 is 0 Å². The fraction of sp³-hybridized carbons (Fsp3) is 0.360. The van der Waals surface area contributed by atoms with Crippen LogP contribution in [0, 0.1) is 5.92 Å². The molecule has 1 N–H and O–H groups in total. The molecule has 1 aliphatic heterocycles. The van der Waals surface area contributed by atoms with Crippen molar-refractivity contribution in [3.8, 4) is 11.5 Å². The maximum absolute atomic E-state index is 9.33. The van der Waals surface area contributed by atoms with E-state index in [1.807, 2.05) is 12.1 Å². The van der Waals surface area contributed by atoms with Crippen LogP contribution < -0.4 is 4.74 Å². The first-order valence-corrected chi connectivity index (χ1v) is 10.3. The second kappa shape index (κ2) is 8.66. The SMILES string of the molecule is CC(c1ccc2ccccc2c1)C1CCN(CCOc2ccc(O)cc2)CC1. The van der Waals surface area contributed by atoms with Crippen LogP contribution in [0.5, 0.6) is 11.5 Å². The number of phenols is 1. The second-order valence-corrected chi connectivity index (χ2v) is 7.92. The molecule has 0 radical (unpaired) electrons. The molecule has 0 amide bonds. The second-order valence-electron chi connectivity index (χ2n) is 7.92. The molecule has 1 aliphatic rings. The van der Waals surface area contributed by atoms with Crippen LogP contribution in [0.2, 0.25) is 0 Å². The molecule has 4 rings (SSSR count). The number of likely N-dealkylation sites (tertiary alicyclic amines) is 1. The highest BCUT2D eigenvalue weighted by atomic mass is 16.5. The Kier molecular flexibility index (Phi) is 5.82. The number of piperidine rings is 1. The third-order valence-electron chi connectivity index (χ3n) is 6.15. The summed E-state index contributed by atoms with van der Waals surface area (Å²) in [6.07, 6.45) is 2.49. The number of phenolic OH excluding ortho intramolecular Hbond substituents is 1. The third-order valence-corrected chi connectivity index (χ3v) is 6.15. The summed E-state index contributed by atoms with van der Waals surface area (Å²) in [5.74, 6) is 2.43. The molecule has 1 fully saturated rings. The molecule has 1 heterocycles. The van der Waals surface area contributed by atoms with Crippen LogP contribution in [-0.2, 0) is 0 Å². The van der Waals surface area contributed by atoms with Gasteiger partial charge in [0.05, 0.1) is 0 Å². The van der Waals surface area contributed by atoms with Gasteiger partial charge in [0.15, 0.2) is 0 Å². The minimum absolute atomic E-state index is 0.273. The van der Waals surface area contributed by atoms with Crippen molar-refractivity contribution in [1.29, 1.82) is 0 Å². The highest BCUT2D eigenvalue weighted by molar-refractivity contribution is 5.83. The number of nitrogens with zero attached hydrogens (tertiary/aromatic N) is 1. The Morgan fingerprint density at radius 3 is 2.43 bits per heavy atom. The summed E-state index contributed by atoms with van der Waals surface area (Å²) in [5, 5.41) is 12.0. The zero-order chi connectivity index (χ0) is 19.3. The molecule has 146 valence electrons. The summed E-state index contributed by atoms with van der Waals surface area (Å²) < 4.78 is 5.80. The molecule has 1 atom stereocenters. The summed E-state index contributed by atoms with van der Waals surface area (Å²) in [5.41, 5.74) is 1.47. The minimum Gasteiger partial charge on any atom is -0.508 e. The Hall–Kier alpha value is -2.52. The molecule has 3 nitrogen and oxygen atoms in total. The molecular formula is C25H29NO2. The fourth-order valence-corrected chi connectivity index (χ4v) is 4.27. The first-order chi connectivity index (χ1) is 13.7. The lowest BCUT2D eigenvalue weighted by Gasteiger charge is -2.35. The van der Waals surface area contributed by atoms with Crippen LogP contribution in [0.3, 0.4) is 0 Å². The summed E-state index contributed by atoms with van der Waals surface area (Å²) in [7, 11) is 0. The van der Waals surface area contributed by atoms with E-state index in [1.165, 1.54) is 29.2 Å². The van der Waals surface area contributed by atoms with Crippen LogP contribution in [0.1, 0.15) is 31.2 Å². The quantitative estimate of drug-likeness (QED) is 0.623. The van der Waals surface area contributed by atoms with Gasteiger partial charge in [0, 0.05) is 6.54 Å². The van der Waals surface area contributed by atoms with Crippen LogP contribution in [0.4, 0.5) is 0 Å². The number of rotatable bonds is 6. The first kappa shape index (κ1) is 18.8. The molecule has 28 heavy (non-hydrogen) atoms. The van der Waals surface area contributed by atoms with Crippen molar-refractivity contribution in [3.05, 3.63) is 72.3 Å². The summed E-state index contributed by atoms with van der Waals surface area (Å²) in [6, 6.07) is 22.5. The van der Waals surface area contributed by atoms with Crippen molar-refractivity contribution in [2.24, 2.45) is 5.92 Å². The normalized spacial score (nSPS) is 16.9. The minimum atomic E-state index is 0.273. The van der Waals surface area contributed by atoms with Crippen molar-refractivity contribution in [2.45, 2.75) is 25.7 Å². The van der Waals surface area contributed by atoms with E-state index in [0.29, 0.717) is 12.5 Å². The molecule has 0 saturated carbocycles. The van der Waals surface area contributed by atoms with Crippen LogP contribution in [0.15, 0.2) is 66.7 Å². The summed E-state index contributed by atoms with van der Waals surface area (Å²) in [6.45, 7) is 6.31. The average Bonchev–Trinajstić information content (AvgIpc) is 2.75. The monoisotopic (exact) mass is 375 g/mol. The lowest BCUT2D eigenvalue weighted by molar-refractivity contribution is 0.146. The number of hydrogen-bond acceptors (Lipinski definition) is 3. The lowest BCUT2D eigenvalue weighted by atomic mass is 9.81. The summed E-state index contributed by atoms with van der Waals surface area (Å²) in [4.78, 5) is 2.50. The van der Waals surface area contributed by atoms with Crippen LogP contribution in [0.25, 0.3) is 10.8 Å². The average molecular weight is 376 g/mol. The van der Waals surface area contributed by atoms with Gasteiger partial charge in [-0.1, -0.05) is 49.4 Å².